The maximum Gasteiger partial charge on any atom is 0.203 e. The fourth-order valence-corrected chi connectivity index (χ4v) is 1.87. The van der Waals surface area contributed by atoms with E-state index in [2.05, 4.69) is 10.2 Å². The molecule has 0 aliphatic heterocycles. The minimum absolute atomic E-state index is 0.0584. The molecular weight excluding hydrogens is 228 g/mol. The molecule has 0 saturated carbocycles. The Kier molecular flexibility index (Phi) is 3.14. The SMILES string of the molecule is Cc1cc(/C=C/C(=O)c2cc(C)nn2C)n(C)n1. The van der Waals surface area contributed by atoms with Crippen LogP contribution in [0.3, 0.4) is 0 Å². The first-order valence-corrected chi connectivity index (χ1v) is 5.71. The number of aromatic nitrogens is 4. The lowest BCUT2D eigenvalue weighted by molar-refractivity contribution is 0.103. The number of ketones is 1. The molecule has 5 heteroatoms. The smallest absolute Gasteiger partial charge is 0.203 e. The zero-order valence-corrected chi connectivity index (χ0v) is 11.0. The molecule has 0 spiro atoms. The van der Waals surface area contributed by atoms with E-state index in [1.807, 2.05) is 27.0 Å². The van der Waals surface area contributed by atoms with Gasteiger partial charge in [0.2, 0.25) is 5.78 Å². The van der Waals surface area contributed by atoms with Crippen LogP contribution in [0.2, 0.25) is 0 Å². The summed E-state index contributed by atoms with van der Waals surface area (Å²) in [6, 6.07) is 3.71. The maximum absolute atomic E-state index is 12.0. The number of rotatable bonds is 3. The second-order valence-corrected chi connectivity index (χ2v) is 4.33. The van der Waals surface area contributed by atoms with E-state index in [0.717, 1.165) is 17.1 Å². The topological polar surface area (TPSA) is 52.7 Å². The molecule has 0 N–H and O–H groups in total. The Bertz CT molecular complexity index is 619. The molecule has 2 aromatic heterocycles. The van der Waals surface area contributed by atoms with Crippen LogP contribution in [0.15, 0.2) is 18.2 Å². The molecule has 0 bridgehead atoms. The molecule has 0 aromatic carbocycles. The number of hydrogen-bond acceptors (Lipinski definition) is 3. The van der Waals surface area contributed by atoms with Crippen molar-refractivity contribution >= 4 is 11.9 Å². The summed E-state index contributed by atoms with van der Waals surface area (Å²) in [7, 11) is 3.62. The van der Waals surface area contributed by atoms with Gasteiger partial charge in [0.05, 0.1) is 17.1 Å². The average molecular weight is 244 g/mol. The number of nitrogens with zero attached hydrogens (tertiary/aromatic N) is 4. The number of allylic oxidation sites excluding steroid dienone is 1. The second kappa shape index (κ2) is 4.60. The molecular formula is C13H16N4O. The number of aryl methyl sites for hydroxylation is 4. The van der Waals surface area contributed by atoms with Crippen molar-refractivity contribution in [1.82, 2.24) is 19.6 Å². The molecule has 0 atom stereocenters. The van der Waals surface area contributed by atoms with E-state index < -0.39 is 0 Å². The molecule has 94 valence electrons. The Hall–Kier alpha value is -2.17. The van der Waals surface area contributed by atoms with Crippen LogP contribution in [0.25, 0.3) is 6.08 Å². The van der Waals surface area contributed by atoms with E-state index in [1.165, 1.54) is 0 Å². The van der Waals surface area contributed by atoms with Crippen molar-refractivity contribution in [2.24, 2.45) is 14.1 Å². The standard InChI is InChI=1S/C13H16N4O/c1-9-7-11(16(3)14-9)5-6-13(18)12-8-10(2)15-17(12)4/h5-8H,1-4H3/b6-5+. The fourth-order valence-electron chi connectivity index (χ4n) is 1.87. The minimum Gasteiger partial charge on any atom is -0.288 e. The van der Waals surface area contributed by atoms with Gasteiger partial charge in [-0.25, -0.2) is 0 Å². The van der Waals surface area contributed by atoms with E-state index in [-0.39, 0.29) is 5.78 Å². The van der Waals surface area contributed by atoms with Gasteiger partial charge >= 0.3 is 0 Å². The van der Waals surface area contributed by atoms with Crippen molar-refractivity contribution in [2.45, 2.75) is 13.8 Å². The first-order valence-electron chi connectivity index (χ1n) is 5.71. The summed E-state index contributed by atoms with van der Waals surface area (Å²) >= 11 is 0. The van der Waals surface area contributed by atoms with E-state index in [9.17, 15) is 4.79 Å². The summed E-state index contributed by atoms with van der Waals surface area (Å²) < 4.78 is 3.34. The molecule has 0 saturated heterocycles. The molecule has 0 radical (unpaired) electrons. The lowest BCUT2D eigenvalue weighted by Crippen LogP contribution is -2.04. The van der Waals surface area contributed by atoms with Crippen molar-refractivity contribution in [3.63, 3.8) is 0 Å². The zero-order valence-electron chi connectivity index (χ0n) is 11.0. The van der Waals surface area contributed by atoms with Crippen molar-refractivity contribution in [2.75, 3.05) is 0 Å². The number of carbonyl (C=O) groups excluding carboxylic acids is 1. The van der Waals surface area contributed by atoms with Gasteiger partial charge in [0.1, 0.15) is 5.69 Å². The van der Waals surface area contributed by atoms with Gasteiger partial charge in [-0.05, 0) is 38.1 Å². The molecule has 18 heavy (non-hydrogen) atoms. The molecule has 0 amide bonds. The highest BCUT2D eigenvalue weighted by Crippen LogP contribution is 2.07. The molecule has 5 nitrogen and oxygen atoms in total. The highest BCUT2D eigenvalue weighted by atomic mass is 16.1. The van der Waals surface area contributed by atoms with Crippen molar-refractivity contribution in [3.8, 4) is 0 Å². The Labute approximate surface area is 106 Å². The first-order chi connectivity index (χ1) is 8.47. The predicted molar refractivity (Wildman–Crippen MR) is 69.3 cm³/mol. The Balaban J connectivity index is 2.22. The molecule has 0 fully saturated rings. The van der Waals surface area contributed by atoms with Gasteiger partial charge in [0.15, 0.2) is 0 Å². The first kappa shape index (κ1) is 12.3. The fraction of sp³-hybridized carbons (Fsp3) is 0.308. The Morgan fingerprint density at radius 2 is 1.72 bits per heavy atom. The summed E-state index contributed by atoms with van der Waals surface area (Å²) in [6.45, 7) is 3.79. The highest BCUT2D eigenvalue weighted by molar-refractivity contribution is 6.05. The molecule has 2 aromatic rings. The van der Waals surface area contributed by atoms with Crippen LogP contribution in [-0.2, 0) is 14.1 Å². The summed E-state index contributed by atoms with van der Waals surface area (Å²) in [5, 5.41) is 8.37. The Morgan fingerprint density at radius 1 is 1.11 bits per heavy atom. The third kappa shape index (κ3) is 2.40. The van der Waals surface area contributed by atoms with E-state index in [1.54, 1.807) is 34.6 Å². The average Bonchev–Trinajstić information content (AvgIpc) is 2.78. The molecule has 2 heterocycles. The van der Waals surface area contributed by atoms with Crippen LogP contribution in [0.5, 0.6) is 0 Å². The van der Waals surface area contributed by atoms with E-state index >= 15 is 0 Å². The number of hydrogen-bond donors (Lipinski definition) is 0. The lowest BCUT2D eigenvalue weighted by Gasteiger charge is -1.96. The van der Waals surface area contributed by atoms with Gasteiger partial charge in [-0.3, -0.25) is 14.2 Å². The lowest BCUT2D eigenvalue weighted by atomic mass is 10.2. The van der Waals surface area contributed by atoms with Crippen molar-refractivity contribution in [3.05, 3.63) is 41.0 Å². The van der Waals surface area contributed by atoms with Gasteiger partial charge in [0, 0.05) is 14.1 Å². The predicted octanol–water partition coefficient (Wildman–Crippen LogP) is 1.67. The van der Waals surface area contributed by atoms with Crippen molar-refractivity contribution in [1.29, 1.82) is 0 Å². The van der Waals surface area contributed by atoms with Gasteiger partial charge in [-0.15, -0.1) is 0 Å². The van der Waals surface area contributed by atoms with Crippen LogP contribution in [0.1, 0.15) is 27.6 Å². The van der Waals surface area contributed by atoms with Gasteiger partial charge in [0.25, 0.3) is 0 Å². The van der Waals surface area contributed by atoms with Crippen LogP contribution >= 0.6 is 0 Å². The molecule has 2 rings (SSSR count). The monoisotopic (exact) mass is 244 g/mol. The van der Waals surface area contributed by atoms with Gasteiger partial charge in [-0.1, -0.05) is 0 Å². The quantitative estimate of drug-likeness (QED) is 0.609. The van der Waals surface area contributed by atoms with Gasteiger partial charge in [-0.2, -0.15) is 10.2 Å². The summed E-state index contributed by atoms with van der Waals surface area (Å²) in [4.78, 5) is 12.0. The second-order valence-electron chi connectivity index (χ2n) is 4.33. The largest absolute Gasteiger partial charge is 0.288 e. The third-order valence-corrected chi connectivity index (χ3v) is 2.70. The Morgan fingerprint density at radius 3 is 2.22 bits per heavy atom. The van der Waals surface area contributed by atoms with Crippen LogP contribution in [0.4, 0.5) is 0 Å². The van der Waals surface area contributed by atoms with Crippen LogP contribution < -0.4 is 0 Å². The van der Waals surface area contributed by atoms with Crippen LogP contribution in [0, 0.1) is 13.8 Å². The molecule has 0 unspecified atom stereocenters. The molecule has 0 aliphatic rings. The van der Waals surface area contributed by atoms with E-state index in [4.69, 9.17) is 0 Å². The van der Waals surface area contributed by atoms with Crippen LogP contribution in [-0.4, -0.2) is 25.3 Å². The summed E-state index contributed by atoms with van der Waals surface area (Å²) in [5.41, 5.74) is 3.26. The van der Waals surface area contributed by atoms with Crippen molar-refractivity contribution < 1.29 is 4.79 Å². The summed E-state index contributed by atoms with van der Waals surface area (Å²) in [6.07, 6.45) is 3.32. The molecule has 0 aliphatic carbocycles. The maximum atomic E-state index is 12.0. The van der Waals surface area contributed by atoms with Gasteiger partial charge < -0.3 is 0 Å². The highest BCUT2D eigenvalue weighted by Gasteiger charge is 2.08. The zero-order chi connectivity index (χ0) is 13.3. The third-order valence-electron chi connectivity index (χ3n) is 2.70. The van der Waals surface area contributed by atoms with E-state index in [0.29, 0.717) is 5.69 Å². The summed E-state index contributed by atoms with van der Waals surface area (Å²) in [5.74, 6) is -0.0584. The normalized spacial score (nSPS) is 11.3. The minimum atomic E-state index is -0.0584. The number of carbonyl (C=O) groups is 1.